The molecule has 3 heterocycles. The molecule has 0 spiro atoms. The van der Waals surface area contributed by atoms with Crippen molar-refractivity contribution in [3.05, 3.63) is 43.8 Å². The Morgan fingerprint density at radius 2 is 1.92 bits per heavy atom. The fourth-order valence-electron chi connectivity index (χ4n) is 2.87. The number of pyridine rings is 1. The van der Waals surface area contributed by atoms with Gasteiger partial charge >= 0.3 is 0 Å². The summed E-state index contributed by atoms with van der Waals surface area (Å²) in [5, 5.41) is 0.542. The second-order valence-corrected chi connectivity index (χ2v) is 8.75. The van der Waals surface area contributed by atoms with Crippen molar-refractivity contribution in [2.24, 2.45) is 0 Å². The van der Waals surface area contributed by atoms with Gasteiger partial charge in [0.2, 0.25) is 0 Å². The lowest BCUT2D eigenvalue weighted by molar-refractivity contribution is 0.0966. The lowest BCUT2D eigenvalue weighted by Gasteiger charge is -2.36. The molecular weight excluding hydrogens is 481 g/mol. The second-order valence-electron chi connectivity index (χ2n) is 5.90. The van der Waals surface area contributed by atoms with E-state index in [4.69, 9.17) is 11.6 Å². The number of thiophene rings is 1. The highest BCUT2D eigenvalue weighted by Crippen LogP contribution is 2.24. The van der Waals surface area contributed by atoms with Crippen LogP contribution in [0.2, 0.25) is 5.15 Å². The Bertz CT molecular complexity index is 716. The van der Waals surface area contributed by atoms with Crippen molar-refractivity contribution < 1.29 is 4.79 Å². The Hall–Kier alpha value is -0.370. The van der Waals surface area contributed by atoms with E-state index in [9.17, 15) is 4.79 Å². The van der Waals surface area contributed by atoms with Gasteiger partial charge in [0.05, 0.1) is 8.66 Å². The summed E-state index contributed by atoms with van der Waals surface area (Å²) in [6, 6.07) is 7.81. The topological polar surface area (TPSA) is 36.4 Å². The summed E-state index contributed by atoms with van der Waals surface area (Å²) >= 11 is 11.0. The number of piperazine rings is 1. The van der Waals surface area contributed by atoms with Crippen molar-refractivity contribution in [3.8, 4) is 0 Å². The van der Waals surface area contributed by atoms with Crippen LogP contribution >= 0.6 is 63.7 Å². The van der Waals surface area contributed by atoms with Crippen LogP contribution < -0.4 is 4.90 Å². The van der Waals surface area contributed by atoms with E-state index in [0.717, 1.165) is 52.8 Å². The highest BCUT2D eigenvalue weighted by atomic mass is 79.9. The highest BCUT2D eigenvalue weighted by Gasteiger charge is 2.19. The SMILES string of the molecule is Cc1cc(N2CCN(CCC(=O)c3ccc(Br)s3)CC2)cc(Cl)n1.Cl.Cl. The first kappa shape index (κ1) is 23.7. The number of hydrogen-bond acceptors (Lipinski definition) is 5. The van der Waals surface area contributed by atoms with E-state index in [1.54, 1.807) is 0 Å². The Balaban J connectivity index is 0.00000169. The highest BCUT2D eigenvalue weighted by molar-refractivity contribution is 9.11. The van der Waals surface area contributed by atoms with E-state index in [-0.39, 0.29) is 30.6 Å². The van der Waals surface area contributed by atoms with Crippen LogP contribution in [0, 0.1) is 6.92 Å². The maximum absolute atomic E-state index is 12.2. The summed E-state index contributed by atoms with van der Waals surface area (Å²) in [5.74, 6) is 0.227. The van der Waals surface area contributed by atoms with Crippen LogP contribution in [0.5, 0.6) is 0 Å². The molecule has 1 aliphatic rings. The van der Waals surface area contributed by atoms with Gasteiger partial charge in [0.1, 0.15) is 5.15 Å². The number of aromatic nitrogens is 1. The molecule has 2 aromatic rings. The molecule has 0 N–H and O–H groups in total. The largest absolute Gasteiger partial charge is 0.369 e. The monoisotopic (exact) mass is 499 g/mol. The summed E-state index contributed by atoms with van der Waals surface area (Å²) in [6.45, 7) is 6.58. The van der Waals surface area contributed by atoms with E-state index in [0.29, 0.717) is 11.6 Å². The molecule has 1 fully saturated rings. The number of aryl methyl sites for hydroxylation is 1. The van der Waals surface area contributed by atoms with Crippen molar-refractivity contribution in [2.75, 3.05) is 37.6 Å². The van der Waals surface area contributed by atoms with Gasteiger partial charge in [-0.1, -0.05) is 11.6 Å². The Labute approximate surface area is 183 Å². The first-order valence-corrected chi connectivity index (χ1v) is 9.90. The van der Waals surface area contributed by atoms with Crippen LogP contribution in [0.1, 0.15) is 21.8 Å². The minimum Gasteiger partial charge on any atom is -0.369 e. The standard InChI is InChI=1S/C17H19BrClN3OS.2ClH/c1-12-10-13(11-17(19)20-12)22-8-6-21(7-9-22)5-4-14(23)15-2-3-16(18)24-15;;/h2-3,10-11H,4-9H2,1H3;2*1H. The lowest BCUT2D eigenvalue weighted by atomic mass is 10.2. The molecule has 26 heavy (non-hydrogen) atoms. The fourth-order valence-corrected chi connectivity index (χ4v) is 4.47. The number of nitrogens with zero attached hydrogens (tertiary/aromatic N) is 3. The van der Waals surface area contributed by atoms with E-state index in [1.165, 1.54) is 11.3 Å². The van der Waals surface area contributed by atoms with Crippen LogP contribution in [-0.4, -0.2) is 48.4 Å². The van der Waals surface area contributed by atoms with Gasteiger partial charge < -0.3 is 4.90 Å². The zero-order valence-corrected chi connectivity index (χ0v) is 19.1. The van der Waals surface area contributed by atoms with Crippen LogP contribution in [-0.2, 0) is 0 Å². The number of halogens is 4. The molecular formula is C17H21BrCl3N3OS. The van der Waals surface area contributed by atoms with Crippen molar-refractivity contribution >= 4 is 75.2 Å². The Kier molecular flexibility index (Phi) is 9.86. The molecule has 3 rings (SSSR count). The summed E-state index contributed by atoms with van der Waals surface area (Å²) in [6.07, 6.45) is 0.577. The number of carbonyl (C=O) groups excluding carboxylic acids is 1. The molecule has 1 saturated heterocycles. The minimum atomic E-state index is 0. The van der Waals surface area contributed by atoms with Crippen molar-refractivity contribution in [3.63, 3.8) is 0 Å². The van der Waals surface area contributed by atoms with Gasteiger partial charge in [-0.25, -0.2) is 4.98 Å². The average Bonchev–Trinajstić information content (AvgIpc) is 2.99. The number of anilines is 1. The third kappa shape index (κ3) is 6.36. The van der Waals surface area contributed by atoms with Crippen LogP contribution in [0.4, 0.5) is 5.69 Å². The molecule has 4 nitrogen and oxygen atoms in total. The smallest absolute Gasteiger partial charge is 0.174 e. The zero-order chi connectivity index (χ0) is 17.1. The van der Waals surface area contributed by atoms with E-state index in [2.05, 4.69) is 36.8 Å². The summed E-state index contributed by atoms with van der Waals surface area (Å²) in [4.78, 5) is 21.9. The molecule has 0 bridgehead atoms. The lowest BCUT2D eigenvalue weighted by Crippen LogP contribution is -2.47. The molecule has 1 aliphatic heterocycles. The maximum Gasteiger partial charge on any atom is 0.174 e. The first-order valence-electron chi connectivity index (χ1n) is 7.91. The normalized spacial score (nSPS) is 14.5. The molecule has 0 amide bonds. The Morgan fingerprint density at radius 1 is 1.23 bits per heavy atom. The van der Waals surface area contributed by atoms with Gasteiger partial charge in [0.15, 0.2) is 5.78 Å². The Morgan fingerprint density at radius 3 is 2.50 bits per heavy atom. The molecule has 0 atom stereocenters. The minimum absolute atomic E-state index is 0. The second kappa shape index (κ2) is 10.8. The van der Waals surface area contributed by atoms with Crippen molar-refractivity contribution in [1.82, 2.24) is 9.88 Å². The first-order chi connectivity index (χ1) is 11.5. The van der Waals surface area contributed by atoms with Gasteiger partial charge in [-0.2, -0.15) is 0 Å². The average molecular weight is 502 g/mol. The molecule has 0 radical (unpaired) electrons. The number of hydrogen-bond donors (Lipinski definition) is 0. The van der Waals surface area contributed by atoms with Gasteiger partial charge in [-0.3, -0.25) is 9.69 Å². The van der Waals surface area contributed by atoms with E-state index < -0.39 is 0 Å². The summed E-state index contributed by atoms with van der Waals surface area (Å²) in [5.41, 5.74) is 2.07. The molecule has 0 aromatic carbocycles. The number of carbonyl (C=O) groups is 1. The molecule has 2 aromatic heterocycles. The van der Waals surface area contributed by atoms with E-state index in [1.807, 2.05) is 25.1 Å². The van der Waals surface area contributed by atoms with Crippen LogP contribution in [0.15, 0.2) is 28.1 Å². The molecule has 144 valence electrons. The van der Waals surface area contributed by atoms with E-state index >= 15 is 0 Å². The molecule has 9 heteroatoms. The number of rotatable bonds is 5. The third-order valence-corrected chi connectivity index (χ3v) is 6.01. The maximum atomic E-state index is 12.2. The van der Waals surface area contributed by atoms with Crippen LogP contribution in [0.25, 0.3) is 0 Å². The zero-order valence-electron chi connectivity index (χ0n) is 14.3. The predicted octanol–water partition coefficient (Wildman–Crippen LogP) is 5.11. The molecule has 0 saturated carbocycles. The van der Waals surface area contributed by atoms with Gasteiger partial charge in [-0.15, -0.1) is 36.2 Å². The summed E-state index contributed by atoms with van der Waals surface area (Å²) < 4.78 is 1.01. The van der Waals surface area contributed by atoms with Crippen molar-refractivity contribution in [1.29, 1.82) is 0 Å². The van der Waals surface area contributed by atoms with Crippen molar-refractivity contribution in [2.45, 2.75) is 13.3 Å². The number of Topliss-reactive ketones (excluding diaryl/α,β-unsaturated/α-hetero) is 1. The summed E-state index contributed by atoms with van der Waals surface area (Å²) in [7, 11) is 0. The molecule has 0 aliphatic carbocycles. The van der Waals surface area contributed by atoms with Gasteiger partial charge in [0.25, 0.3) is 0 Å². The quantitative estimate of drug-likeness (QED) is 0.422. The van der Waals surface area contributed by atoms with Gasteiger partial charge in [0, 0.05) is 50.5 Å². The molecule has 0 unspecified atom stereocenters. The third-order valence-electron chi connectivity index (χ3n) is 4.15. The predicted molar refractivity (Wildman–Crippen MR) is 118 cm³/mol. The number of ketones is 1. The van der Waals surface area contributed by atoms with Crippen LogP contribution in [0.3, 0.4) is 0 Å². The van der Waals surface area contributed by atoms with Gasteiger partial charge in [-0.05, 0) is 47.1 Å². The fraction of sp³-hybridized carbons (Fsp3) is 0.412.